The first-order valence-corrected chi connectivity index (χ1v) is 5.62. The standard InChI is InChI=1S/C12H13ClFN2O/c1-16-5-4-12(7-16,11(15)17)8-2-3-9(13)10(14)6-8/h2-4,6H,5,7H2,1H3,(H2,15,17)/t12-/m0/s1. The molecule has 0 unspecified atom stereocenters. The number of likely N-dealkylation sites (tertiary alicyclic amines) is 1. The minimum absolute atomic E-state index is 0.0414. The van der Waals surface area contributed by atoms with Crippen molar-refractivity contribution in [3.63, 3.8) is 0 Å². The van der Waals surface area contributed by atoms with Crippen LogP contribution in [0.4, 0.5) is 4.39 Å². The summed E-state index contributed by atoms with van der Waals surface area (Å²) in [5.41, 5.74) is 5.10. The lowest BCUT2D eigenvalue weighted by Gasteiger charge is -2.25. The fourth-order valence-electron chi connectivity index (χ4n) is 2.17. The lowest BCUT2D eigenvalue weighted by atomic mass is 9.79. The number of nitrogens with zero attached hydrogens (tertiary/aromatic N) is 1. The number of hydrogen-bond donors (Lipinski definition) is 1. The van der Waals surface area contributed by atoms with E-state index in [1.54, 1.807) is 6.07 Å². The summed E-state index contributed by atoms with van der Waals surface area (Å²) in [7, 11) is 1.88. The number of rotatable bonds is 2. The van der Waals surface area contributed by atoms with Crippen molar-refractivity contribution in [3.8, 4) is 0 Å². The predicted octanol–water partition coefficient (Wildman–Crippen LogP) is 1.35. The number of primary amides is 1. The molecule has 91 valence electrons. The van der Waals surface area contributed by atoms with Gasteiger partial charge in [-0.25, -0.2) is 4.39 Å². The molecule has 5 heteroatoms. The number of nitrogens with two attached hydrogens (primary N) is 1. The molecule has 0 aromatic heterocycles. The zero-order valence-electron chi connectivity index (χ0n) is 9.41. The monoisotopic (exact) mass is 255 g/mol. The van der Waals surface area contributed by atoms with Crippen LogP contribution in [0.5, 0.6) is 0 Å². The summed E-state index contributed by atoms with van der Waals surface area (Å²) in [5.74, 6) is -1.00. The highest BCUT2D eigenvalue weighted by Gasteiger charge is 2.44. The minimum atomic E-state index is -0.916. The van der Waals surface area contributed by atoms with E-state index < -0.39 is 17.1 Å². The van der Waals surface area contributed by atoms with Gasteiger partial charge in [0.05, 0.1) is 10.4 Å². The third-order valence-electron chi connectivity index (χ3n) is 3.15. The van der Waals surface area contributed by atoms with Crippen LogP contribution < -0.4 is 5.73 Å². The van der Waals surface area contributed by atoms with Crippen molar-refractivity contribution in [1.29, 1.82) is 0 Å². The van der Waals surface area contributed by atoms with Gasteiger partial charge in [-0.1, -0.05) is 17.7 Å². The van der Waals surface area contributed by atoms with E-state index in [9.17, 15) is 9.18 Å². The second-order valence-corrected chi connectivity index (χ2v) is 4.77. The summed E-state index contributed by atoms with van der Waals surface area (Å²) in [6.45, 7) is 1.11. The van der Waals surface area contributed by atoms with Gasteiger partial charge in [0.1, 0.15) is 5.82 Å². The Labute approximate surface area is 104 Å². The van der Waals surface area contributed by atoms with Gasteiger partial charge in [0.2, 0.25) is 5.91 Å². The predicted molar refractivity (Wildman–Crippen MR) is 64.1 cm³/mol. The molecule has 1 aromatic carbocycles. The van der Waals surface area contributed by atoms with Gasteiger partial charge in [0, 0.05) is 13.1 Å². The van der Waals surface area contributed by atoms with Gasteiger partial charge in [0.25, 0.3) is 0 Å². The maximum absolute atomic E-state index is 13.5. The number of amides is 1. The van der Waals surface area contributed by atoms with E-state index in [1.165, 1.54) is 12.1 Å². The summed E-state index contributed by atoms with van der Waals surface area (Å²) in [5, 5.41) is 0.0414. The van der Waals surface area contributed by atoms with Crippen LogP contribution >= 0.6 is 11.6 Å². The Kier molecular flexibility index (Phi) is 3.10. The van der Waals surface area contributed by atoms with Gasteiger partial charge in [-0.15, -0.1) is 0 Å². The topological polar surface area (TPSA) is 46.3 Å². The third-order valence-corrected chi connectivity index (χ3v) is 3.45. The number of halogens is 2. The van der Waals surface area contributed by atoms with Crippen molar-refractivity contribution < 1.29 is 9.18 Å². The maximum Gasteiger partial charge on any atom is 0.229 e. The molecule has 1 saturated heterocycles. The van der Waals surface area contributed by atoms with E-state index in [-0.39, 0.29) is 5.02 Å². The molecule has 1 aromatic rings. The number of carbonyl (C=O) groups excluding carboxylic acids is 1. The molecule has 0 bridgehead atoms. The summed E-state index contributed by atoms with van der Waals surface area (Å²) in [6, 6.07) is 4.37. The Morgan fingerprint density at radius 3 is 2.76 bits per heavy atom. The van der Waals surface area contributed by atoms with Gasteiger partial charge < -0.3 is 10.6 Å². The van der Waals surface area contributed by atoms with Crippen LogP contribution in [-0.2, 0) is 10.2 Å². The zero-order valence-corrected chi connectivity index (χ0v) is 10.2. The van der Waals surface area contributed by atoms with Crippen molar-refractivity contribution in [1.82, 2.24) is 4.90 Å². The Morgan fingerprint density at radius 2 is 2.29 bits per heavy atom. The van der Waals surface area contributed by atoms with Crippen LogP contribution in [0.1, 0.15) is 5.56 Å². The zero-order chi connectivity index (χ0) is 12.6. The molecule has 2 N–H and O–H groups in total. The van der Waals surface area contributed by atoms with Gasteiger partial charge in [-0.3, -0.25) is 4.79 Å². The van der Waals surface area contributed by atoms with Crippen molar-refractivity contribution >= 4 is 17.5 Å². The van der Waals surface area contributed by atoms with Crippen molar-refractivity contribution in [2.45, 2.75) is 5.41 Å². The van der Waals surface area contributed by atoms with Crippen LogP contribution in [0.25, 0.3) is 0 Å². The molecular formula is C12H13ClFN2O. The largest absolute Gasteiger partial charge is 0.369 e. The second-order valence-electron chi connectivity index (χ2n) is 4.37. The molecular weight excluding hydrogens is 243 g/mol. The average molecular weight is 256 g/mol. The normalized spacial score (nSPS) is 25.1. The number of hydrogen-bond acceptors (Lipinski definition) is 2. The first-order valence-electron chi connectivity index (χ1n) is 5.24. The van der Waals surface area contributed by atoms with Gasteiger partial charge in [-0.05, 0) is 31.2 Å². The third kappa shape index (κ3) is 2.03. The van der Waals surface area contributed by atoms with Crippen LogP contribution in [0, 0.1) is 12.2 Å². The summed E-state index contributed by atoms with van der Waals surface area (Å²) in [6.07, 6.45) is 1.82. The molecule has 2 rings (SSSR count). The van der Waals surface area contributed by atoms with Gasteiger partial charge >= 0.3 is 0 Å². The van der Waals surface area contributed by atoms with Crippen molar-refractivity contribution in [2.75, 3.05) is 20.1 Å². The van der Waals surface area contributed by atoms with E-state index in [2.05, 4.69) is 0 Å². The van der Waals surface area contributed by atoms with Gasteiger partial charge in [0.15, 0.2) is 0 Å². The number of carbonyl (C=O) groups is 1. The average Bonchev–Trinajstić information content (AvgIpc) is 2.66. The molecule has 1 aliphatic rings. The lowest BCUT2D eigenvalue weighted by molar-refractivity contribution is -0.122. The Hall–Kier alpha value is -1.13. The van der Waals surface area contributed by atoms with E-state index in [0.717, 1.165) is 0 Å². The second kappa shape index (κ2) is 4.27. The molecule has 1 aliphatic heterocycles. The molecule has 0 saturated carbocycles. The maximum atomic E-state index is 13.5. The highest BCUT2D eigenvalue weighted by Crippen LogP contribution is 2.34. The summed E-state index contributed by atoms with van der Waals surface area (Å²) >= 11 is 5.63. The molecule has 0 aliphatic carbocycles. The van der Waals surface area contributed by atoms with Gasteiger partial charge in [-0.2, -0.15) is 0 Å². The highest BCUT2D eigenvalue weighted by atomic mass is 35.5. The van der Waals surface area contributed by atoms with E-state index >= 15 is 0 Å². The molecule has 1 atom stereocenters. The molecule has 17 heavy (non-hydrogen) atoms. The van der Waals surface area contributed by atoms with Crippen LogP contribution in [0.2, 0.25) is 5.02 Å². The summed E-state index contributed by atoms with van der Waals surface area (Å²) in [4.78, 5) is 13.6. The quantitative estimate of drug-likeness (QED) is 0.867. The van der Waals surface area contributed by atoms with E-state index in [4.69, 9.17) is 17.3 Å². The lowest BCUT2D eigenvalue weighted by Crippen LogP contribution is -2.43. The molecule has 0 spiro atoms. The van der Waals surface area contributed by atoms with Crippen molar-refractivity contribution in [2.24, 2.45) is 5.73 Å². The van der Waals surface area contributed by atoms with Crippen molar-refractivity contribution in [3.05, 3.63) is 41.0 Å². The van der Waals surface area contributed by atoms with Crippen LogP contribution in [-0.4, -0.2) is 30.9 Å². The SMILES string of the molecule is CN1C[CH][C@@](C(N)=O)(c2ccc(Cl)c(F)c2)C1. The molecule has 1 amide bonds. The Balaban J connectivity index is 2.47. The van der Waals surface area contributed by atoms with E-state index in [1.807, 2.05) is 18.4 Å². The molecule has 1 heterocycles. The minimum Gasteiger partial charge on any atom is -0.369 e. The molecule has 3 nitrogen and oxygen atoms in total. The van der Waals surface area contributed by atoms with Crippen LogP contribution in [0.15, 0.2) is 18.2 Å². The molecule has 1 radical (unpaired) electrons. The summed E-state index contributed by atoms with van der Waals surface area (Å²) < 4.78 is 13.5. The van der Waals surface area contributed by atoms with E-state index in [0.29, 0.717) is 18.7 Å². The number of benzene rings is 1. The first-order chi connectivity index (χ1) is 7.95. The Morgan fingerprint density at radius 1 is 1.59 bits per heavy atom. The fourth-order valence-corrected chi connectivity index (χ4v) is 2.29. The highest BCUT2D eigenvalue weighted by molar-refractivity contribution is 6.30. The fraction of sp³-hybridized carbons (Fsp3) is 0.333. The Bertz CT molecular complexity index is 466. The number of likely N-dealkylation sites (N-methyl/N-ethyl adjacent to an activating group) is 1. The van der Waals surface area contributed by atoms with Crippen LogP contribution in [0.3, 0.4) is 0 Å². The smallest absolute Gasteiger partial charge is 0.229 e. The molecule has 1 fully saturated rings. The first kappa shape index (κ1) is 12.3.